The molecule has 3 heterocycles. The van der Waals surface area contributed by atoms with Crippen LogP contribution >= 0.6 is 0 Å². The monoisotopic (exact) mass is 467 g/mol. The number of benzene rings is 1. The largest absolute Gasteiger partial charge is 0.509 e. The van der Waals surface area contributed by atoms with Crippen molar-refractivity contribution in [3.63, 3.8) is 0 Å². The van der Waals surface area contributed by atoms with E-state index in [2.05, 4.69) is 9.73 Å². The molecular formula is C22H21F4N3O4. The molecule has 1 saturated heterocycles. The van der Waals surface area contributed by atoms with E-state index in [1.807, 2.05) is 0 Å². The third-order valence-electron chi connectivity index (χ3n) is 5.90. The average molecular weight is 467 g/mol. The van der Waals surface area contributed by atoms with Gasteiger partial charge in [-0.05, 0) is 44.4 Å². The molecule has 1 fully saturated rings. The third kappa shape index (κ3) is 3.97. The van der Waals surface area contributed by atoms with E-state index in [-0.39, 0.29) is 12.3 Å². The molecule has 4 rings (SSSR count). The Morgan fingerprint density at radius 1 is 1.30 bits per heavy atom. The number of nitrogens with zero attached hydrogens (tertiary/aromatic N) is 2. The number of aryl methyl sites for hydroxylation is 1. The van der Waals surface area contributed by atoms with E-state index < -0.39 is 52.1 Å². The first-order chi connectivity index (χ1) is 15.4. The Balaban J connectivity index is 1.71. The number of carbonyl (C=O) groups is 2. The molecule has 0 spiro atoms. The number of rotatable bonds is 4. The number of furan rings is 1. The van der Waals surface area contributed by atoms with Gasteiger partial charge >= 0.3 is 6.18 Å². The molecule has 176 valence electrons. The van der Waals surface area contributed by atoms with Crippen LogP contribution in [-0.2, 0) is 22.3 Å². The molecule has 7 nitrogen and oxygen atoms in total. The van der Waals surface area contributed by atoms with Crippen LogP contribution in [0, 0.1) is 12.7 Å². The number of carbonyl (C=O) groups excluding carboxylic acids is 2. The Morgan fingerprint density at radius 2 is 2.03 bits per heavy atom. The van der Waals surface area contributed by atoms with Crippen LogP contribution < -0.4 is 5.32 Å². The molecule has 2 aliphatic rings. The molecule has 33 heavy (non-hydrogen) atoms. The quantitative estimate of drug-likeness (QED) is 0.517. The minimum Gasteiger partial charge on any atom is -0.509 e. The van der Waals surface area contributed by atoms with Gasteiger partial charge < -0.3 is 14.8 Å². The number of hydrogen-bond donors (Lipinski definition) is 2. The minimum atomic E-state index is -4.87. The van der Waals surface area contributed by atoms with Gasteiger partial charge in [0.1, 0.15) is 22.9 Å². The van der Waals surface area contributed by atoms with Crippen molar-refractivity contribution in [1.82, 2.24) is 10.0 Å². The third-order valence-corrected chi connectivity index (χ3v) is 5.90. The maximum atomic E-state index is 13.7. The number of anilines is 1. The normalized spacial score (nSPS) is 21.5. The lowest BCUT2D eigenvalue weighted by Crippen LogP contribution is -2.60. The molecule has 2 amide bonds. The summed E-state index contributed by atoms with van der Waals surface area (Å²) >= 11 is 0. The van der Waals surface area contributed by atoms with Gasteiger partial charge in [0.15, 0.2) is 0 Å². The van der Waals surface area contributed by atoms with Crippen LogP contribution in [0.25, 0.3) is 0 Å². The maximum absolute atomic E-state index is 13.7. The van der Waals surface area contributed by atoms with Gasteiger partial charge in [-0.3, -0.25) is 14.6 Å². The number of hydrazine groups is 1. The molecular weight excluding hydrogens is 446 g/mol. The lowest BCUT2D eigenvalue weighted by molar-refractivity contribution is -0.160. The number of hydrogen-bond acceptors (Lipinski definition) is 5. The number of fused-ring (bicyclic) bond motifs is 1. The van der Waals surface area contributed by atoms with Crippen LogP contribution in [0.1, 0.15) is 36.8 Å². The van der Waals surface area contributed by atoms with E-state index >= 15 is 0 Å². The highest BCUT2D eigenvalue weighted by Crippen LogP contribution is 2.42. The van der Waals surface area contributed by atoms with Crippen molar-refractivity contribution < 1.29 is 36.7 Å². The lowest BCUT2D eigenvalue weighted by atomic mass is 9.90. The number of amides is 2. The summed E-state index contributed by atoms with van der Waals surface area (Å²) in [5, 5.41) is 15.8. The van der Waals surface area contributed by atoms with Crippen LogP contribution in [0.3, 0.4) is 0 Å². The first-order valence-corrected chi connectivity index (χ1v) is 10.2. The second-order valence-electron chi connectivity index (χ2n) is 8.27. The topological polar surface area (TPSA) is 86.0 Å². The summed E-state index contributed by atoms with van der Waals surface area (Å²) in [6.45, 7) is 3.23. The number of alkyl halides is 3. The minimum absolute atomic E-state index is 0.0884. The van der Waals surface area contributed by atoms with Crippen molar-refractivity contribution in [2.75, 3.05) is 11.9 Å². The molecule has 1 aromatic heterocycles. The van der Waals surface area contributed by atoms with Crippen LogP contribution in [0.15, 0.2) is 46.1 Å². The van der Waals surface area contributed by atoms with Gasteiger partial charge in [0.05, 0.1) is 17.8 Å². The fourth-order valence-electron chi connectivity index (χ4n) is 4.36. The molecule has 2 aliphatic heterocycles. The van der Waals surface area contributed by atoms with Crippen LogP contribution in [0.5, 0.6) is 0 Å². The highest BCUT2D eigenvalue weighted by atomic mass is 19.4. The molecule has 2 N–H and O–H groups in total. The second kappa shape index (κ2) is 7.91. The van der Waals surface area contributed by atoms with Crippen molar-refractivity contribution in [1.29, 1.82) is 0 Å². The van der Waals surface area contributed by atoms with Gasteiger partial charge in [-0.2, -0.15) is 13.2 Å². The van der Waals surface area contributed by atoms with E-state index in [0.29, 0.717) is 24.9 Å². The molecule has 1 atom stereocenters. The number of halogens is 4. The number of aliphatic hydroxyl groups excluding tert-OH is 1. The Labute approximate surface area is 186 Å². The Bertz CT molecular complexity index is 1160. The summed E-state index contributed by atoms with van der Waals surface area (Å²) in [5.41, 5.74) is -2.00. The van der Waals surface area contributed by atoms with Crippen molar-refractivity contribution in [3.8, 4) is 0 Å². The van der Waals surface area contributed by atoms with Crippen molar-refractivity contribution in [3.05, 3.63) is 64.6 Å². The summed E-state index contributed by atoms with van der Waals surface area (Å²) in [7, 11) is 0. The zero-order chi connectivity index (χ0) is 24.1. The summed E-state index contributed by atoms with van der Waals surface area (Å²) in [6, 6.07) is 6.55. The molecule has 1 aromatic carbocycles. The molecule has 2 aromatic rings. The van der Waals surface area contributed by atoms with Gasteiger partial charge in [-0.25, -0.2) is 9.40 Å². The number of nitrogens with one attached hydrogen (secondary N) is 1. The lowest BCUT2D eigenvalue weighted by Gasteiger charge is -2.46. The fourth-order valence-corrected chi connectivity index (χ4v) is 4.36. The van der Waals surface area contributed by atoms with Crippen molar-refractivity contribution >= 4 is 17.5 Å². The summed E-state index contributed by atoms with van der Waals surface area (Å²) in [6.07, 6.45) is -3.87. The van der Waals surface area contributed by atoms with Gasteiger partial charge in [-0.15, -0.1) is 0 Å². The van der Waals surface area contributed by atoms with E-state index in [1.165, 1.54) is 30.1 Å². The Hall–Kier alpha value is -3.34. The van der Waals surface area contributed by atoms with Crippen LogP contribution in [0.2, 0.25) is 0 Å². The molecule has 0 bridgehead atoms. The van der Waals surface area contributed by atoms with Gasteiger partial charge in [-0.1, -0.05) is 12.1 Å². The zero-order valence-electron chi connectivity index (χ0n) is 17.8. The maximum Gasteiger partial charge on any atom is 0.451 e. The highest BCUT2D eigenvalue weighted by molar-refractivity contribution is 6.23. The second-order valence-corrected chi connectivity index (χ2v) is 8.27. The molecule has 0 aliphatic carbocycles. The fraction of sp³-hybridized carbons (Fsp3) is 0.364. The van der Waals surface area contributed by atoms with E-state index in [1.54, 1.807) is 18.0 Å². The molecule has 11 heteroatoms. The van der Waals surface area contributed by atoms with Crippen LogP contribution in [0.4, 0.5) is 23.2 Å². The number of aliphatic hydroxyl groups is 1. The van der Waals surface area contributed by atoms with Gasteiger partial charge in [0.2, 0.25) is 5.76 Å². The molecule has 0 radical (unpaired) electrons. The van der Waals surface area contributed by atoms with Gasteiger partial charge in [0, 0.05) is 12.6 Å². The standard InChI is InChI=1S/C22H21F4N3O4/c1-12-9-15(18(33-12)22(24,25)26)27-19(31)16-17(30)21(2)7-4-8-29(21)28(20(16)32)11-13-5-3-6-14(23)10-13/h3,5-6,9-10,30H,4,7-8,11H2,1-2H3,(H,27,31)/t21-/m1/s1. The van der Waals surface area contributed by atoms with Crippen molar-refractivity contribution in [2.45, 2.75) is 44.9 Å². The predicted molar refractivity (Wildman–Crippen MR) is 108 cm³/mol. The van der Waals surface area contributed by atoms with Crippen LogP contribution in [-0.4, -0.2) is 39.0 Å². The predicted octanol–water partition coefficient (Wildman–Crippen LogP) is 4.31. The first kappa shape index (κ1) is 22.8. The van der Waals surface area contributed by atoms with Gasteiger partial charge in [0.25, 0.3) is 11.8 Å². The molecule has 0 unspecified atom stereocenters. The summed E-state index contributed by atoms with van der Waals surface area (Å²) < 4.78 is 58.1. The molecule has 0 saturated carbocycles. The van der Waals surface area contributed by atoms with E-state index in [4.69, 9.17) is 0 Å². The van der Waals surface area contributed by atoms with E-state index in [0.717, 1.165) is 6.07 Å². The van der Waals surface area contributed by atoms with Crippen molar-refractivity contribution in [2.24, 2.45) is 0 Å². The first-order valence-electron chi connectivity index (χ1n) is 10.2. The average Bonchev–Trinajstić information content (AvgIpc) is 3.29. The van der Waals surface area contributed by atoms with E-state index in [9.17, 15) is 32.3 Å². The zero-order valence-corrected chi connectivity index (χ0v) is 17.8. The Morgan fingerprint density at radius 3 is 2.70 bits per heavy atom. The SMILES string of the molecule is Cc1cc(NC(=O)C2=C(O)[C@@]3(C)CCCN3N(Cc3cccc(F)c3)C2=O)c(C(F)(F)F)o1. The smallest absolute Gasteiger partial charge is 0.451 e. The summed E-state index contributed by atoms with van der Waals surface area (Å²) in [5.74, 6) is -4.63. The Kier molecular flexibility index (Phi) is 5.47. The summed E-state index contributed by atoms with van der Waals surface area (Å²) in [4.78, 5) is 26.3. The highest BCUT2D eigenvalue weighted by Gasteiger charge is 2.52.